The first kappa shape index (κ1) is 10.6. The van der Waals surface area contributed by atoms with Crippen LogP contribution in [0.1, 0.15) is 32.1 Å². The molecule has 1 fully saturated rings. The van der Waals surface area contributed by atoms with Gasteiger partial charge in [-0.15, -0.1) is 11.8 Å². The first-order valence-electron chi connectivity index (χ1n) is 5.44. The Morgan fingerprint density at radius 2 is 1.87 bits per heavy atom. The van der Waals surface area contributed by atoms with Crippen LogP contribution in [-0.4, -0.2) is 10.2 Å². The molecule has 2 rings (SSSR count). The van der Waals surface area contributed by atoms with E-state index >= 15 is 0 Å². The molecule has 1 aromatic heterocycles. The molecule has 0 radical (unpaired) electrons. The van der Waals surface area contributed by atoms with Crippen molar-refractivity contribution in [1.82, 2.24) is 4.98 Å². The third-order valence-electron chi connectivity index (χ3n) is 2.77. The number of aromatic nitrogens is 1. The predicted molar refractivity (Wildman–Crippen MR) is 65.8 cm³/mol. The Morgan fingerprint density at radius 1 is 1.13 bits per heavy atom. The van der Waals surface area contributed by atoms with Crippen LogP contribution in [0.2, 0.25) is 0 Å². The van der Waals surface area contributed by atoms with E-state index in [1.165, 1.54) is 32.1 Å². The number of nitrogens with zero attached hydrogens (tertiary/aromatic N) is 1. The molecule has 4 heteroatoms. The molecule has 0 atom stereocenters. The van der Waals surface area contributed by atoms with Crippen LogP contribution in [0.5, 0.6) is 0 Å². The van der Waals surface area contributed by atoms with Gasteiger partial charge < -0.3 is 11.5 Å². The van der Waals surface area contributed by atoms with E-state index in [0.29, 0.717) is 16.8 Å². The van der Waals surface area contributed by atoms with Gasteiger partial charge in [0.25, 0.3) is 0 Å². The van der Waals surface area contributed by atoms with Gasteiger partial charge >= 0.3 is 0 Å². The molecule has 0 unspecified atom stereocenters. The number of pyridine rings is 1. The van der Waals surface area contributed by atoms with Crippen LogP contribution in [0, 0.1) is 0 Å². The zero-order chi connectivity index (χ0) is 10.7. The topological polar surface area (TPSA) is 64.9 Å². The molecule has 1 saturated carbocycles. The number of anilines is 2. The summed E-state index contributed by atoms with van der Waals surface area (Å²) in [5.74, 6) is 0.454. The van der Waals surface area contributed by atoms with Crippen LogP contribution in [0.15, 0.2) is 17.2 Å². The van der Waals surface area contributed by atoms with E-state index in [1.807, 2.05) is 23.9 Å². The molecule has 1 aromatic rings. The Labute approximate surface area is 94.6 Å². The summed E-state index contributed by atoms with van der Waals surface area (Å²) in [5, 5.41) is 1.72. The fourth-order valence-electron chi connectivity index (χ4n) is 1.89. The van der Waals surface area contributed by atoms with Crippen molar-refractivity contribution in [3.8, 4) is 0 Å². The Morgan fingerprint density at radius 3 is 2.53 bits per heavy atom. The van der Waals surface area contributed by atoms with Crippen molar-refractivity contribution in [3.05, 3.63) is 12.1 Å². The molecule has 0 saturated heterocycles. The first-order valence-corrected chi connectivity index (χ1v) is 6.32. The molecule has 4 N–H and O–H groups in total. The van der Waals surface area contributed by atoms with E-state index in [4.69, 9.17) is 11.5 Å². The van der Waals surface area contributed by atoms with Gasteiger partial charge in [0.15, 0.2) is 0 Å². The second-order valence-electron chi connectivity index (χ2n) is 4.00. The van der Waals surface area contributed by atoms with Crippen LogP contribution < -0.4 is 11.5 Å². The molecule has 1 aliphatic carbocycles. The van der Waals surface area contributed by atoms with Crippen LogP contribution in [-0.2, 0) is 0 Å². The van der Waals surface area contributed by atoms with Crippen LogP contribution in [0.25, 0.3) is 0 Å². The highest BCUT2D eigenvalue weighted by atomic mass is 32.2. The van der Waals surface area contributed by atoms with Gasteiger partial charge in [-0.2, -0.15) is 0 Å². The molecule has 1 aliphatic rings. The number of rotatable bonds is 2. The normalized spacial score (nSPS) is 17.9. The lowest BCUT2D eigenvalue weighted by molar-refractivity contribution is 0.516. The third kappa shape index (κ3) is 2.78. The van der Waals surface area contributed by atoms with Crippen molar-refractivity contribution in [3.63, 3.8) is 0 Å². The first-order chi connectivity index (χ1) is 7.25. The van der Waals surface area contributed by atoms with E-state index in [1.54, 1.807) is 0 Å². The second kappa shape index (κ2) is 4.75. The number of nitrogens with two attached hydrogens (primary N) is 2. The summed E-state index contributed by atoms with van der Waals surface area (Å²) in [6.07, 6.45) is 6.69. The summed E-state index contributed by atoms with van der Waals surface area (Å²) >= 11 is 1.84. The minimum atomic E-state index is 0.454. The van der Waals surface area contributed by atoms with Gasteiger partial charge in [0.05, 0.1) is 10.7 Å². The zero-order valence-corrected chi connectivity index (χ0v) is 9.59. The molecule has 3 nitrogen and oxygen atoms in total. The van der Waals surface area contributed by atoms with Crippen molar-refractivity contribution >= 4 is 23.3 Å². The summed E-state index contributed by atoms with van der Waals surface area (Å²) in [4.78, 5) is 4.28. The summed E-state index contributed by atoms with van der Waals surface area (Å²) in [6, 6.07) is 3.80. The van der Waals surface area contributed by atoms with Crippen molar-refractivity contribution in [2.75, 3.05) is 11.5 Å². The van der Waals surface area contributed by atoms with Crippen molar-refractivity contribution < 1.29 is 0 Å². The lowest BCUT2D eigenvalue weighted by Crippen LogP contribution is -2.08. The monoisotopic (exact) mass is 223 g/mol. The van der Waals surface area contributed by atoms with Gasteiger partial charge in [0, 0.05) is 5.25 Å². The predicted octanol–water partition coefficient (Wildman–Crippen LogP) is 2.67. The number of thioether (sulfide) groups is 1. The lowest BCUT2D eigenvalue weighted by atomic mass is 10.0. The van der Waals surface area contributed by atoms with E-state index in [9.17, 15) is 0 Å². The van der Waals surface area contributed by atoms with E-state index < -0.39 is 0 Å². The molecular formula is C11H17N3S. The summed E-state index contributed by atoms with van der Waals surface area (Å²) in [7, 11) is 0. The smallest absolute Gasteiger partial charge is 0.147 e. The number of nitrogen functional groups attached to an aromatic ring is 2. The highest BCUT2D eigenvalue weighted by molar-refractivity contribution is 7.99. The van der Waals surface area contributed by atoms with Gasteiger partial charge in [0.2, 0.25) is 0 Å². The SMILES string of the molecule is Nc1ccc(SC2CCCCC2)nc1N. The average molecular weight is 223 g/mol. The van der Waals surface area contributed by atoms with Crippen LogP contribution in [0.4, 0.5) is 11.5 Å². The maximum Gasteiger partial charge on any atom is 0.147 e. The zero-order valence-electron chi connectivity index (χ0n) is 8.78. The lowest BCUT2D eigenvalue weighted by Gasteiger charge is -2.20. The van der Waals surface area contributed by atoms with Crippen molar-refractivity contribution in [2.24, 2.45) is 0 Å². The molecule has 0 aromatic carbocycles. The van der Waals surface area contributed by atoms with E-state index in [-0.39, 0.29) is 0 Å². The van der Waals surface area contributed by atoms with Crippen molar-refractivity contribution in [2.45, 2.75) is 42.4 Å². The van der Waals surface area contributed by atoms with Gasteiger partial charge in [-0.25, -0.2) is 4.98 Å². The Balaban J connectivity index is 2.00. The van der Waals surface area contributed by atoms with Gasteiger partial charge in [0.1, 0.15) is 5.82 Å². The van der Waals surface area contributed by atoms with E-state index in [2.05, 4.69) is 4.98 Å². The molecule has 1 heterocycles. The minimum Gasteiger partial charge on any atom is -0.396 e. The minimum absolute atomic E-state index is 0.454. The second-order valence-corrected chi connectivity index (χ2v) is 5.32. The summed E-state index contributed by atoms with van der Waals surface area (Å²) in [6.45, 7) is 0. The number of hydrogen-bond donors (Lipinski definition) is 2. The van der Waals surface area contributed by atoms with Gasteiger partial charge in [-0.05, 0) is 25.0 Å². The highest BCUT2D eigenvalue weighted by Gasteiger charge is 2.15. The van der Waals surface area contributed by atoms with Crippen LogP contribution in [0.3, 0.4) is 0 Å². The third-order valence-corrected chi connectivity index (χ3v) is 4.05. The summed E-state index contributed by atoms with van der Waals surface area (Å²) < 4.78 is 0. The largest absolute Gasteiger partial charge is 0.396 e. The van der Waals surface area contributed by atoms with E-state index in [0.717, 1.165) is 5.03 Å². The standard InChI is InChI=1S/C11H17N3S/c12-9-6-7-10(14-11(9)13)15-8-4-2-1-3-5-8/h6-8H,1-5,12H2,(H2,13,14). The Hall–Kier alpha value is -0.900. The average Bonchev–Trinajstić information content (AvgIpc) is 2.25. The summed E-state index contributed by atoms with van der Waals surface area (Å²) in [5.41, 5.74) is 11.9. The quantitative estimate of drug-likeness (QED) is 0.809. The maximum atomic E-state index is 5.68. The molecule has 15 heavy (non-hydrogen) atoms. The maximum absolute atomic E-state index is 5.68. The Bertz CT molecular complexity index is 335. The van der Waals surface area contributed by atoms with Gasteiger partial charge in [-0.3, -0.25) is 0 Å². The fraction of sp³-hybridized carbons (Fsp3) is 0.545. The fourth-order valence-corrected chi connectivity index (χ4v) is 3.09. The molecule has 0 spiro atoms. The number of hydrogen-bond acceptors (Lipinski definition) is 4. The van der Waals surface area contributed by atoms with Gasteiger partial charge in [-0.1, -0.05) is 19.3 Å². The molecule has 0 aliphatic heterocycles. The highest BCUT2D eigenvalue weighted by Crippen LogP contribution is 2.33. The molecular weight excluding hydrogens is 206 g/mol. The van der Waals surface area contributed by atoms with Crippen molar-refractivity contribution in [1.29, 1.82) is 0 Å². The molecule has 0 amide bonds. The molecule has 0 bridgehead atoms. The molecule has 82 valence electrons. The van der Waals surface area contributed by atoms with Crippen LogP contribution >= 0.6 is 11.8 Å². The Kier molecular flexibility index (Phi) is 3.36.